The van der Waals surface area contributed by atoms with Gasteiger partial charge in [0, 0.05) is 11.1 Å². The van der Waals surface area contributed by atoms with Gasteiger partial charge in [0.05, 0.1) is 18.7 Å². The Labute approximate surface area is 149 Å². The highest BCUT2D eigenvalue weighted by Gasteiger charge is 2.39. The summed E-state index contributed by atoms with van der Waals surface area (Å²) in [7, 11) is 0. The number of nitrogens with one attached hydrogen (secondary N) is 1. The third-order valence-corrected chi connectivity index (χ3v) is 5.35. The minimum absolute atomic E-state index is 0.0298. The van der Waals surface area contributed by atoms with E-state index >= 15 is 0 Å². The van der Waals surface area contributed by atoms with Crippen molar-refractivity contribution in [3.8, 4) is 0 Å². The molecule has 1 aromatic carbocycles. The Morgan fingerprint density at radius 2 is 2.04 bits per heavy atom. The molecular weight excluding hydrogens is 324 g/mol. The lowest BCUT2D eigenvalue weighted by Gasteiger charge is -2.46. The fourth-order valence-corrected chi connectivity index (χ4v) is 3.81. The molecule has 0 spiro atoms. The molecule has 1 aliphatic carbocycles. The lowest BCUT2D eigenvalue weighted by molar-refractivity contribution is -0.0807. The van der Waals surface area contributed by atoms with Gasteiger partial charge in [-0.15, -0.1) is 0 Å². The van der Waals surface area contributed by atoms with Crippen molar-refractivity contribution >= 4 is 17.6 Å². The van der Waals surface area contributed by atoms with Crippen LogP contribution in [0.25, 0.3) is 0 Å². The van der Waals surface area contributed by atoms with Crippen molar-refractivity contribution in [1.29, 1.82) is 0 Å². The van der Waals surface area contributed by atoms with Crippen molar-refractivity contribution < 1.29 is 9.53 Å². The maximum absolute atomic E-state index is 12.9. The van der Waals surface area contributed by atoms with Gasteiger partial charge < -0.3 is 15.0 Å². The van der Waals surface area contributed by atoms with Crippen LogP contribution in [-0.2, 0) is 4.74 Å². The van der Waals surface area contributed by atoms with Gasteiger partial charge in [0.2, 0.25) is 0 Å². The normalized spacial score (nSPS) is 24.6. The van der Waals surface area contributed by atoms with Gasteiger partial charge >= 0.3 is 6.03 Å². The molecule has 24 heavy (non-hydrogen) atoms. The first kappa shape index (κ1) is 17.6. The number of carbonyl (C=O) groups is 1. The molecule has 1 unspecified atom stereocenters. The van der Waals surface area contributed by atoms with E-state index in [2.05, 4.69) is 19.2 Å². The standard InChI is InChI=1S/C19H27ClN2O2/c1-19(2)13-24-17(14-7-6-8-15(20)11-14)12-22(19)18(23)21-16-9-4-3-5-10-16/h6-8,11,16-17H,3-5,9-10,12-13H2,1-2H3,(H,21,23). The number of urea groups is 1. The molecule has 1 aromatic rings. The number of amides is 2. The maximum atomic E-state index is 12.9. The number of hydrogen-bond donors (Lipinski definition) is 1. The minimum atomic E-state index is -0.312. The van der Waals surface area contributed by atoms with Crippen LogP contribution in [0.1, 0.15) is 57.6 Å². The fourth-order valence-electron chi connectivity index (χ4n) is 3.61. The quantitative estimate of drug-likeness (QED) is 0.851. The smallest absolute Gasteiger partial charge is 0.318 e. The summed E-state index contributed by atoms with van der Waals surface area (Å²) in [6, 6.07) is 8.05. The molecule has 2 fully saturated rings. The average molecular weight is 351 g/mol. The molecule has 1 saturated carbocycles. The number of hydrogen-bond acceptors (Lipinski definition) is 2. The molecule has 0 radical (unpaired) electrons. The van der Waals surface area contributed by atoms with Gasteiger partial charge in [0.1, 0.15) is 6.10 Å². The van der Waals surface area contributed by atoms with Crippen LogP contribution in [-0.4, -0.2) is 35.7 Å². The minimum Gasteiger partial charge on any atom is -0.369 e. The summed E-state index contributed by atoms with van der Waals surface area (Å²) < 4.78 is 6.02. The van der Waals surface area contributed by atoms with Gasteiger partial charge in [0.15, 0.2) is 0 Å². The molecule has 132 valence electrons. The summed E-state index contributed by atoms with van der Waals surface area (Å²) in [5.74, 6) is 0. The third-order valence-electron chi connectivity index (χ3n) is 5.12. The van der Waals surface area contributed by atoms with Gasteiger partial charge in [-0.05, 0) is 44.4 Å². The molecule has 1 saturated heterocycles. The van der Waals surface area contributed by atoms with E-state index in [9.17, 15) is 4.79 Å². The summed E-state index contributed by atoms with van der Waals surface area (Å²) in [4.78, 5) is 14.8. The molecule has 4 nitrogen and oxygen atoms in total. The number of benzene rings is 1. The lowest BCUT2D eigenvalue weighted by atomic mass is 9.95. The van der Waals surface area contributed by atoms with Crippen LogP contribution in [0.4, 0.5) is 4.79 Å². The van der Waals surface area contributed by atoms with Crippen molar-refractivity contribution in [3.63, 3.8) is 0 Å². The van der Waals surface area contributed by atoms with E-state index in [0.29, 0.717) is 24.2 Å². The zero-order valence-electron chi connectivity index (χ0n) is 14.6. The topological polar surface area (TPSA) is 41.6 Å². The summed E-state index contributed by atoms with van der Waals surface area (Å²) in [5.41, 5.74) is 0.710. The fraction of sp³-hybridized carbons (Fsp3) is 0.632. The lowest BCUT2D eigenvalue weighted by Crippen LogP contribution is -2.60. The number of ether oxygens (including phenoxy) is 1. The number of morpholine rings is 1. The van der Waals surface area contributed by atoms with Crippen LogP contribution in [0.5, 0.6) is 0 Å². The van der Waals surface area contributed by atoms with E-state index in [0.717, 1.165) is 18.4 Å². The molecule has 2 aliphatic rings. The van der Waals surface area contributed by atoms with Gasteiger partial charge in [0.25, 0.3) is 0 Å². The van der Waals surface area contributed by atoms with Crippen molar-refractivity contribution in [1.82, 2.24) is 10.2 Å². The highest BCUT2D eigenvalue weighted by atomic mass is 35.5. The van der Waals surface area contributed by atoms with Crippen molar-refractivity contribution in [2.75, 3.05) is 13.2 Å². The molecule has 1 aliphatic heterocycles. The van der Waals surface area contributed by atoms with Gasteiger partial charge in [-0.3, -0.25) is 0 Å². The van der Waals surface area contributed by atoms with Crippen LogP contribution in [0.2, 0.25) is 5.02 Å². The second kappa shape index (κ2) is 7.32. The van der Waals surface area contributed by atoms with Crippen molar-refractivity contribution in [2.24, 2.45) is 0 Å². The van der Waals surface area contributed by atoms with Crippen LogP contribution in [0.3, 0.4) is 0 Å². The summed E-state index contributed by atoms with van der Waals surface area (Å²) >= 11 is 6.10. The Morgan fingerprint density at radius 1 is 1.29 bits per heavy atom. The Morgan fingerprint density at radius 3 is 2.75 bits per heavy atom. The summed E-state index contributed by atoms with van der Waals surface area (Å²) in [6.45, 7) is 5.18. The van der Waals surface area contributed by atoms with E-state index < -0.39 is 0 Å². The first-order chi connectivity index (χ1) is 11.5. The van der Waals surface area contributed by atoms with Gasteiger partial charge in [-0.2, -0.15) is 0 Å². The van der Waals surface area contributed by atoms with Crippen LogP contribution < -0.4 is 5.32 Å². The first-order valence-electron chi connectivity index (χ1n) is 8.91. The Kier molecular flexibility index (Phi) is 5.36. The van der Waals surface area contributed by atoms with Crippen LogP contribution in [0.15, 0.2) is 24.3 Å². The number of carbonyl (C=O) groups excluding carboxylic acids is 1. The van der Waals surface area contributed by atoms with E-state index in [4.69, 9.17) is 16.3 Å². The van der Waals surface area contributed by atoms with E-state index in [1.54, 1.807) is 0 Å². The van der Waals surface area contributed by atoms with Crippen LogP contribution in [0, 0.1) is 0 Å². The molecule has 1 N–H and O–H groups in total. The Balaban J connectivity index is 1.70. The molecule has 3 rings (SSSR count). The van der Waals surface area contributed by atoms with Crippen molar-refractivity contribution in [2.45, 2.75) is 63.6 Å². The second-order valence-corrected chi connectivity index (χ2v) is 8.00. The second-order valence-electron chi connectivity index (χ2n) is 7.56. The SMILES string of the molecule is CC1(C)COC(c2cccc(Cl)c2)CN1C(=O)NC1CCCCC1. The predicted molar refractivity (Wildman–Crippen MR) is 96.3 cm³/mol. The molecular formula is C19H27ClN2O2. The Hall–Kier alpha value is -1.26. The van der Waals surface area contributed by atoms with E-state index in [-0.39, 0.29) is 17.7 Å². The first-order valence-corrected chi connectivity index (χ1v) is 9.29. The summed E-state index contributed by atoms with van der Waals surface area (Å²) in [5, 5.41) is 3.93. The van der Waals surface area contributed by atoms with Gasteiger partial charge in [-0.1, -0.05) is 43.0 Å². The zero-order chi connectivity index (χ0) is 17.2. The molecule has 1 heterocycles. The number of nitrogens with zero attached hydrogens (tertiary/aromatic N) is 1. The molecule has 1 atom stereocenters. The molecule has 2 amide bonds. The Bertz CT molecular complexity index is 584. The molecule has 0 aromatic heterocycles. The molecule has 5 heteroatoms. The monoisotopic (exact) mass is 350 g/mol. The van der Waals surface area contributed by atoms with Crippen LogP contribution >= 0.6 is 11.6 Å². The molecule has 0 bridgehead atoms. The van der Waals surface area contributed by atoms with E-state index in [1.807, 2.05) is 29.2 Å². The third kappa shape index (κ3) is 4.04. The largest absolute Gasteiger partial charge is 0.369 e. The zero-order valence-corrected chi connectivity index (χ0v) is 15.3. The highest BCUT2D eigenvalue weighted by Crippen LogP contribution is 2.31. The predicted octanol–water partition coefficient (Wildman–Crippen LogP) is 4.53. The average Bonchev–Trinajstić information content (AvgIpc) is 2.55. The highest BCUT2D eigenvalue weighted by molar-refractivity contribution is 6.30. The van der Waals surface area contributed by atoms with E-state index in [1.165, 1.54) is 19.3 Å². The number of rotatable bonds is 2. The number of halogens is 1. The maximum Gasteiger partial charge on any atom is 0.318 e. The summed E-state index contributed by atoms with van der Waals surface area (Å²) in [6.07, 6.45) is 5.76. The van der Waals surface area contributed by atoms with Crippen molar-refractivity contribution in [3.05, 3.63) is 34.9 Å². The van der Waals surface area contributed by atoms with Gasteiger partial charge in [-0.25, -0.2) is 4.79 Å².